The Bertz CT molecular complexity index is 340. The van der Waals surface area contributed by atoms with Gasteiger partial charge in [-0.1, -0.05) is 0 Å². The highest BCUT2D eigenvalue weighted by Crippen LogP contribution is 2.33. The molecule has 1 aromatic rings. The number of rotatable bonds is 1. The van der Waals surface area contributed by atoms with Gasteiger partial charge in [0.25, 0.3) is 5.69 Å². The van der Waals surface area contributed by atoms with Crippen LogP contribution in [-0.4, -0.2) is 10.0 Å². The second-order valence-electron chi connectivity index (χ2n) is 2.12. The van der Waals surface area contributed by atoms with Crippen LogP contribution >= 0.6 is 15.9 Å². The molecule has 5 nitrogen and oxygen atoms in total. The Labute approximate surface area is 76.1 Å². The van der Waals surface area contributed by atoms with E-state index in [0.29, 0.717) is 0 Å². The molecule has 12 heavy (non-hydrogen) atoms. The van der Waals surface area contributed by atoms with Gasteiger partial charge >= 0.3 is 0 Å². The Morgan fingerprint density at radius 3 is 2.67 bits per heavy atom. The molecule has 0 bridgehead atoms. The van der Waals surface area contributed by atoms with E-state index in [1.807, 2.05) is 0 Å². The van der Waals surface area contributed by atoms with Crippen LogP contribution in [-0.2, 0) is 0 Å². The first-order valence-corrected chi connectivity index (χ1v) is 3.74. The molecule has 0 saturated heterocycles. The summed E-state index contributed by atoms with van der Waals surface area (Å²) in [7, 11) is 0. The third kappa shape index (κ3) is 1.48. The van der Waals surface area contributed by atoms with Gasteiger partial charge < -0.3 is 10.8 Å². The van der Waals surface area contributed by atoms with Crippen LogP contribution in [0.25, 0.3) is 0 Å². The molecule has 0 aliphatic rings. The summed E-state index contributed by atoms with van der Waals surface area (Å²) in [4.78, 5) is 9.70. The fraction of sp³-hybridized carbons (Fsp3) is 0. The minimum atomic E-state index is -0.608. The zero-order valence-electron chi connectivity index (χ0n) is 5.82. The lowest BCUT2D eigenvalue weighted by molar-refractivity contribution is -0.385. The smallest absolute Gasteiger partial charge is 0.287 e. The van der Waals surface area contributed by atoms with Crippen molar-refractivity contribution in [3.05, 3.63) is 26.7 Å². The minimum Gasteiger partial charge on any atom is -0.506 e. The van der Waals surface area contributed by atoms with E-state index >= 15 is 0 Å². The van der Waals surface area contributed by atoms with E-state index in [2.05, 4.69) is 15.9 Å². The lowest BCUT2D eigenvalue weighted by Gasteiger charge is -1.99. The van der Waals surface area contributed by atoms with E-state index in [-0.39, 0.29) is 21.6 Å². The molecule has 0 spiro atoms. The normalized spacial score (nSPS) is 9.75. The molecule has 0 aromatic heterocycles. The molecule has 0 radical (unpaired) electrons. The van der Waals surface area contributed by atoms with Crippen molar-refractivity contribution in [3.63, 3.8) is 0 Å². The summed E-state index contributed by atoms with van der Waals surface area (Å²) in [5, 5.41) is 19.3. The van der Waals surface area contributed by atoms with Gasteiger partial charge in [-0.3, -0.25) is 10.1 Å². The number of nitrogens with zero attached hydrogens (tertiary/aromatic N) is 1. The van der Waals surface area contributed by atoms with Crippen molar-refractivity contribution in [2.75, 3.05) is 5.73 Å². The second-order valence-corrected chi connectivity index (χ2v) is 2.97. The molecule has 6 heteroatoms. The lowest BCUT2D eigenvalue weighted by atomic mass is 10.2. The van der Waals surface area contributed by atoms with Crippen molar-refractivity contribution in [2.45, 2.75) is 0 Å². The van der Waals surface area contributed by atoms with Crippen LogP contribution in [0.2, 0.25) is 0 Å². The SMILES string of the molecule is Nc1cc(Br)c([N+](=O)[O-])cc1O. The van der Waals surface area contributed by atoms with E-state index in [9.17, 15) is 10.1 Å². The van der Waals surface area contributed by atoms with Crippen LogP contribution in [0.5, 0.6) is 5.75 Å². The largest absolute Gasteiger partial charge is 0.506 e. The molecular formula is C6H5BrN2O3. The van der Waals surface area contributed by atoms with E-state index < -0.39 is 4.92 Å². The molecule has 0 aliphatic heterocycles. The number of hydrogen-bond donors (Lipinski definition) is 2. The molecule has 0 heterocycles. The molecular weight excluding hydrogens is 228 g/mol. The molecule has 0 saturated carbocycles. The van der Waals surface area contributed by atoms with E-state index in [4.69, 9.17) is 10.8 Å². The predicted octanol–water partition coefficient (Wildman–Crippen LogP) is 1.65. The maximum absolute atomic E-state index is 10.3. The molecule has 1 rings (SSSR count). The lowest BCUT2D eigenvalue weighted by Crippen LogP contribution is -1.92. The fourth-order valence-corrected chi connectivity index (χ4v) is 1.21. The Kier molecular flexibility index (Phi) is 2.18. The van der Waals surface area contributed by atoms with Gasteiger partial charge in [0.2, 0.25) is 0 Å². The van der Waals surface area contributed by atoms with Gasteiger partial charge in [-0.05, 0) is 22.0 Å². The minimum absolute atomic E-state index is 0.104. The number of nitro groups is 1. The van der Waals surface area contributed by atoms with Crippen LogP contribution in [0.1, 0.15) is 0 Å². The summed E-state index contributed by atoms with van der Waals surface area (Å²) in [6.07, 6.45) is 0. The monoisotopic (exact) mass is 232 g/mol. The number of nitrogen functional groups attached to an aromatic ring is 1. The van der Waals surface area contributed by atoms with Crippen molar-refractivity contribution in [1.29, 1.82) is 0 Å². The van der Waals surface area contributed by atoms with E-state index in [1.165, 1.54) is 6.07 Å². The molecule has 1 aromatic carbocycles. The summed E-state index contributed by atoms with van der Waals surface area (Å²) in [5.41, 5.74) is 5.18. The molecule has 0 unspecified atom stereocenters. The van der Waals surface area contributed by atoms with Crippen LogP contribution in [0.3, 0.4) is 0 Å². The number of nitrogens with two attached hydrogens (primary N) is 1. The van der Waals surface area contributed by atoms with Gasteiger partial charge in [-0.15, -0.1) is 0 Å². The standard InChI is InChI=1S/C6H5BrN2O3/c7-3-1-4(8)6(10)2-5(3)9(11)12/h1-2,10H,8H2. The second kappa shape index (κ2) is 2.98. The van der Waals surface area contributed by atoms with Crippen molar-refractivity contribution >= 4 is 27.3 Å². The van der Waals surface area contributed by atoms with Crippen LogP contribution in [0.4, 0.5) is 11.4 Å². The molecule has 0 aliphatic carbocycles. The average Bonchev–Trinajstić information content (AvgIpc) is 1.96. The number of phenols is 1. The number of halogens is 1. The number of benzene rings is 1. The fourth-order valence-electron chi connectivity index (χ4n) is 0.706. The van der Waals surface area contributed by atoms with Gasteiger partial charge in [0.15, 0.2) is 0 Å². The van der Waals surface area contributed by atoms with E-state index in [0.717, 1.165) is 6.07 Å². The third-order valence-corrected chi connectivity index (χ3v) is 1.93. The highest BCUT2D eigenvalue weighted by atomic mass is 79.9. The number of nitro benzene ring substituents is 1. The summed E-state index contributed by atoms with van der Waals surface area (Å²) in [6, 6.07) is 2.28. The summed E-state index contributed by atoms with van der Waals surface area (Å²) in [5.74, 6) is -0.287. The predicted molar refractivity (Wildman–Crippen MR) is 46.9 cm³/mol. The van der Waals surface area contributed by atoms with Crippen molar-refractivity contribution in [3.8, 4) is 5.75 Å². The van der Waals surface area contributed by atoms with Gasteiger partial charge in [0.1, 0.15) is 5.75 Å². The quantitative estimate of drug-likeness (QED) is 0.334. The Balaban J connectivity index is 3.33. The number of hydrogen-bond acceptors (Lipinski definition) is 4. The van der Waals surface area contributed by atoms with Gasteiger partial charge in [0, 0.05) is 0 Å². The van der Waals surface area contributed by atoms with Crippen LogP contribution < -0.4 is 5.73 Å². The maximum Gasteiger partial charge on any atom is 0.287 e. The number of anilines is 1. The molecule has 0 fully saturated rings. The third-order valence-electron chi connectivity index (χ3n) is 1.29. The maximum atomic E-state index is 10.3. The van der Waals surface area contributed by atoms with E-state index in [1.54, 1.807) is 0 Å². The first-order valence-electron chi connectivity index (χ1n) is 2.94. The van der Waals surface area contributed by atoms with Crippen molar-refractivity contribution in [2.24, 2.45) is 0 Å². The Morgan fingerprint density at radius 2 is 2.17 bits per heavy atom. The number of phenolic OH excluding ortho intramolecular Hbond substituents is 1. The molecule has 0 amide bonds. The molecule has 3 N–H and O–H groups in total. The molecule has 64 valence electrons. The van der Waals surface area contributed by atoms with Gasteiger partial charge in [-0.25, -0.2) is 0 Å². The van der Waals surface area contributed by atoms with Crippen LogP contribution in [0.15, 0.2) is 16.6 Å². The Hall–Kier alpha value is -1.30. The first-order chi connectivity index (χ1) is 5.52. The summed E-state index contributed by atoms with van der Waals surface area (Å²) in [6.45, 7) is 0. The molecule has 0 atom stereocenters. The topological polar surface area (TPSA) is 89.4 Å². The average molecular weight is 233 g/mol. The van der Waals surface area contributed by atoms with Crippen molar-refractivity contribution in [1.82, 2.24) is 0 Å². The first kappa shape index (κ1) is 8.79. The number of aromatic hydroxyl groups is 1. The van der Waals surface area contributed by atoms with Crippen molar-refractivity contribution < 1.29 is 10.0 Å². The van der Waals surface area contributed by atoms with Crippen LogP contribution in [0, 0.1) is 10.1 Å². The zero-order valence-corrected chi connectivity index (χ0v) is 7.41. The summed E-state index contributed by atoms with van der Waals surface area (Å²) >= 11 is 2.95. The highest BCUT2D eigenvalue weighted by Gasteiger charge is 2.14. The van der Waals surface area contributed by atoms with Gasteiger partial charge in [-0.2, -0.15) is 0 Å². The zero-order chi connectivity index (χ0) is 9.30. The Morgan fingerprint density at radius 1 is 1.58 bits per heavy atom. The highest BCUT2D eigenvalue weighted by molar-refractivity contribution is 9.10. The summed E-state index contributed by atoms with van der Waals surface area (Å²) < 4.78 is 0.253. The van der Waals surface area contributed by atoms with Gasteiger partial charge in [0.05, 0.1) is 21.1 Å².